The van der Waals surface area contributed by atoms with E-state index in [2.05, 4.69) is 5.32 Å². The van der Waals surface area contributed by atoms with Crippen LogP contribution in [-0.2, 0) is 11.3 Å². The van der Waals surface area contributed by atoms with E-state index >= 15 is 0 Å². The summed E-state index contributed by atoms with van der Waals surface area (Å²) in [5, 5.41) is 14.2. The van der Waals surface area contributed by atoms with Crippen LogP contribution in [0.4, 0.5) is 0 Å². The van der Waals surface area contributed by atoms with E-state index in [1.807, 2.05) is 6.07 Å². The van der Waals surface area contributed by atoms with Crippen molar-refractivity contribution in [2.24, 2.45) is 0 Å². The second kappa shape index (κ2) is 8.20. The number of aliphatic hydroxyl groups is 1. The zero-order chi connectivity index (χ0) is 15.2. The van der Waals surface area contributed by atoms with Crippen molar-refractivity contribution in [3.05, 3.63) is 27.7 Å². The fraction of sp³-hybridized carbons (Fsp3) is 0.600. The number of aliphatic hydroxyl groups excluding tert-OH is 1. The molecule has 2 unspecified atom stereocenters. The Balaban J connectivity index is 2.09. The fourth-order valence-electron chi connectivity index (χ4n) is 2.47. The summed E-state index contributed by atoms with van der Waals surface area (Å²) in [7, 11) is 1.66. The Morgan fingerprint density at radius 2 is 2.14 bits per heavy atom. The van der Waals surface area contributed by atoms with Crippen molar-refractivity contribution in [2.45, 2.75) is 38.0 Å². The maximum Gasteiger partial charge on any atom is 0.143 e. The molecular formula is C15H21Cl2NO3. The van der Waals surface area contributed by atoms with Gasteiger partial charge in [0.05, 0.1) is 17.7 Å². The Morgan fingerprint density at radius 3 is 2.81 bits per heavy atom. The van der Waals surface area contributed by atoms with E-state index in [4.69, 9.17) is 32.7 Å². The van der Waals surface area contributed by atoms with E-state index in [9.17, 15) is 5.11 Å². The standard InChI is InChI=1S/C15H21Cl2NO3/c1-20-6-5-18-9-10-7-11(16)8-12(17)15(10)21-14-4-2-3-13(14)19/h7-8,13-14,18-19H,2-6,9H2,1H3. The molecule has 1 saturated carbocycles. The van der Waals surface area contributed by atoms with Crippen LogP contribution in [0, 0.1) is 0 Å². The number of halogens is 2. The first-order chi connectivity index (χ1) is 10.1. The molecule has 2 N–H and O–H groups in total. The van der Waals surface area contributed by atoms with Crippen LogP contribution in [0.3, 0.4) is 0 Å². The van der Waals surface area contributed by atoms with Gasteiger partial charge < -0.3 is 19.9 Å². The van der Waals surface area contributed by atoms with Crippen molar-refractivity contribution in [3.8, 4) is 5.75 Å². The molecule has 0 aliphatic heterocycles. The maximum atomic E-state index is 9.91. The van der Waals surface area contributed by atoms with E-state index < -0.39 is 6.10 Å². The smallest absolute Gasteiger partial charge is 0.143 e. The summed E-state index contributed by atoms with van der Waals surface area (Å²) in [4.78, 5) is 0. The lowest BCUT2D eigenvalue weighted by atomic mass is 10.2. The van der Waals surface area contributed by atoms with Crippen LogP contribution in [0.25, 0.3) is 0 Å². The maximum absolute atomic E-state index is 9.91. The van der Waals surface area contributed by atoms with Crippen molar-refractivity contribution in [1.82, 2.24) is 5.32 Å². The average Bonchev–Trinajstić information content (AvgIpc) is 2.84. The Kier molecular flexibility index (Phi) is 6.58. The van der Waals surface area contributed by atoms with Gasteiger partial charge in [-0.05, 0) is 31.4 Å². The SMILES string of the molecule is COCCNCc1cc(Cl)cc(Cl)c1OC1CCCC1O. The molecule has 0 bridgehead atoms. The molecule has 0 heterocycles. The predicted octanol–water partition coefficient (Wildman–Crippen LogP) is 3.02. The van der Waals surface area contributed by atoms with E-state index in [-0.39, 0.29) is 6.10 Å². The largest absolute Gasteiger partial charge is 0.486 e. The number of benzene rings is 1. The monoisotopic (exact) mass is 333 g/mol. The zero-order valence-electron chi connectivity index (χ0n) is 12.1. The molecule has 1 fully saturated rings. The van der Waals surface area contributed by atoms with Crippen LogP contribution < -0.4 is 10.1 Å². The second-order valence-corrected chi connectivity index (χ2v) is 6.04. The van der Waals surface area contributed by atoms with Gasteiger partial charge in [-0.25, -0.2) is 0 Å². The zero-order valence-corrected chi connectivity index (χ0v) is 13.6. The third-order valence-corrected chi connectivity index (χ3v) is 4.07. The van der Waals surface area contributed by atoms with Crippen LogP contribution in [0.1, 0.15) is 24.8 Å². The van der Waals surface area contributed by atoms with Gasteiger partial charge >= 0.3 is 0 Å². The van der Waals surface area contributed by atoms with Crippen molar-refractivity contribution in [1.29, 1.82) is 0 Å². The lowest BCUT2D eigenvalue weighted by Gasteiger charge is -2.21. The summed E-state index contributed by atoms with van der Waals surface area (Å²) >= 11 is 12.3. The Labute approximate surface area is 135 Å². The van der Waals surface area contributed by atoms with Gasteiger partial charge in [0.1, 0.15) is 11.9 Å². The number of rotatable bonds is 7. The molecule has 6 heteroatoms. The number of hydrogen-bond acceptors (Lipinski definition) is 4. The molecule has 4 nitrogen and oxygen atoms in total. The highest BCUT2D eigenvalue weighted by Gasteiger charge is 2.28. The van der Waals surface area contributed by atoms with Crippen LogP contribution in [0.15, 0.2) is 12.1 Å². The normalized spacial score (nSPS) is 21.7. The molecule has 2 atom stereocenters. The van der Waals surface area contributed by atoms with Gasteiger partial charge in [-0.2, -0.15) is 0 Å². The Hall–Kier alpha value is -0.520. The summed E-state index contributed by atoms with van der Waals surface area (Å²) in [5.74, 6) is 0.608. The van der Waals surface area contributed by atoms with Crippen molar-refractivity contribution in [2.75, 3.05) is 20.3 Å². The molecule has 118 valence electrons. The van der Waals surface area contributed by atoms with Crippen molar-refractivity contribution < 1.29 is 14.6 Å². The van der Waals surface area contributed by atoms with Crippen molar-refractivity contribution in [3.63, 3.8) is 0 Å². The van der Waals surface area contributed by atoms with Crippen LogP contribution in [0.2, 0.25) is 10.0 Å². The lowest BCUT2D eigenvalue weighted by molar-refractivity contribution is 0.0597. The molecule has 0 saturated heterocycles. The Bertz CT molecular complexity index is 470. The average molecular weight is 334 g/mol. The summed E-state index contributed by atoms with van der Waals surface area (Å²) in [6, 6.07) is 3.50. The lowest BCUT2D eigenvalue weighted by Crippen LogP contribution is -2.27. The summed E-state index contributed by atoms with van der Waals surface area (Å²) in [5.41, 5.74) is 0.891. The topological polar surface area (TPSA) is 50.7 Å². The molecule has 21 heavy (non-hydrogen) atoms. The molecule has 0 aromatic heterocycles. The molecule has 1 aliphatic rings. The van der Waals surface area contributed by atoms with Gasteiger partial charge in [0, 0.05) is 30.8 Å². The van der Waals surface area contributed by atoms with Crippen LogP contribution in [-0.4, -0.2) is 37.6 Å². The van der Waals surface area contributed by atoms with Gasteiger partial charge in [-0.1, -0.05) is 23.2 Å². The molecule has 0 amide bonds. The minimum Gasteiger partial charge on any atom is -0.486 e. The molecule has 1 aliphatic carbocycles. The first-order valence-electron chi connectivity index (χ1n) is 7.14. The van der Waals surface area contributed by atoms with Gasteiger partial charge in [0.25, 0.3) is 0 Å². The van der Waals surface area contributed by atoms with Crippen LogP contribution in [0.5, 0.6) is 5.75 Å². The summed E-state index contributed by atoms with van der Waals surface area (Å²) in [6.45, 7) is 1.94. The fourth-order valence-corrected chi connectivity index (χ4v) is 3.05. The Morgan fingerprint density at radius 1 is 1.33 bits per heavy atom. The number of methoxy groups -OCH3 is 1. The predicted molar refractivity (Wildman–Crippen MR) is 84.3 cm³/mol. The minimum absolute atomic E-state index is 0.193. The highest BCUT2D eigenvalue weighted by molar-refractivity contribution is 6.35. The van der Waals surface area contributed by atoms with Crippen LogP contribution >= 0.6 is 23.2 Å². The second-order valence-electron chi connectivity index (χ2n) is 5.20. The molecule has 0 spiro atoms. The van der Waals surface area contributed by atoms with Crippen molar-refractivity contribution >= 4 is 23.2 Å². The summed E-state index contributed by atoms with van der Waals surface area (Å²) in [6.07, 6.45) is 1.97. The number of nitrogens with one attached hydrogen (secondary N) is 1. The first kappa shape index (κ1) is 16.8. The van der Waals surface area contributed by atoms with E-state index in [1.165, 1.54) is 0 Å². The molecule has 2 rings (SSSR count). The number of ether oxygens (including phenoxy) is 2. The molecule has 1 aromatic rings. The minimum atomic E-state index is -0.425. The summed E-state index contributed by atoms with van der Waals surface area (Å²) < 4.78 is 10.9. The number of hydrogen-bond donors (Lipinski definition) is 2. The highest BCUT2D eigenvalue weighted by atomic mass is 35.5. The highest BCUT2D eigenvalue weighted by Crippen LogP contribution is 2.35. The molecule has 0 radical (unpaired) electrons. The van der Waals surface area contributed by atoms with E-state index in [1.54, 1.807) is 13.2 Å². The van der Waals surface area contributed by atoms with Gasteiger partial charge in [-0.15, -0.1) is 0 Å². The van der Waals surface area contributed by atoms with E-state index in [0.29, 0.717) is 28.9 Å². The van der Waals surface area contributed by atoms with Gasteiger partial charge in [0.15, 0.2) is 0 Å². The third kappa shape index (κ3) is 4.73. The first-order valence-corrected chi connectivity index (χ1v) is 7.89. The van der Waals surface area contributed by atoms with Gasteiger partial charge in [-0.3, -0.25) is 0 Å². The quantitative estimate of drug-likeness (QED) is 0.753. The molecular weight excluding hydrogens is 313 g/mol. The van der Waals surface area contributed by atoms with E-state index in [0.717, 1.165) is 31.4 Å². The third-order valence-electron chi connectivity index (χ3n) is 3.57. The molecule has 1 aromatic carbocycles. The van der Waals surface area contributed by atoms with Gasteiger partial charge in [0.2, 0.25) is 0 Å².